The van der Waals surface area contributed by atoms with Crippen LogP contribution < -0.4 is 21.0 Å². The summed E-state index contributed by atoms with van der Waals surface area (Å²) < 4.78 is 16.7. The summed E-state index contributed by atoms with van der Waals surface area (Å²) in [6, 6.07) is 15.7. The SMILES string of the molecule is CC(=O)c1cn(C2CC2)c2cc(N3CCNCC3)c(F)cc2c1=O.O=C(O)Cc1ccccc1Nc1c(Cl)cccc1Cl. The molecular formula is C32H31Cl2FN4O4. The number of fused-ring (bicyclic) bond motifs is 1. The van der Waals surface area contributed by atoms with Crippen LogP contribution in [0.4, 0.5) is 21.5 Å². The topological polar surface area (TPSA) is 104 Å². The Balaban J connectivity index is 0.000000177. The lowest BCUT2D eigenvalue weighted by molar-refractivity contribution is -0.136. The number of benzene rings is 3. The Morgan fingerprint density at radius 2 is 1.72 bits per heavy atom. The molecule has 6 rings (SSSR count). The fourth-order valence-corrected chi connectivity index (χ4v) is 5.62. The highest BCUT2D eigenvalue weighted by molar-refractivity contribution is 6.39. The van der Waals surface area contributed by atoms with Gasteiger partial charge in [-0.25, -0.2) is 4.39 Å². The largest absolute Gasteiger partial charge is 0.481 e. The van der Waals surface area contributed by atoms with E-state index in [-0.39, 0.29) is 23.2 Å². The van der Waals surface area contributed by atoms with Crippen LogP contribution in [0.2, 0.25) is 10.0 Å². The number of anilines is 3. The van der Waals surface area contributed by atoms with Gasteiger partial charge in [-0.2, -0.15) is 0 Å². The lowest BCUT2D eigenvalue weighted by atomic mass is 10.1. The average Bonchev–Trinajstić information content (AvgIpc) is 3.82. The number of hydrogen-bond acceptors (Lipinski definition) is 6. The number of pyridine rings is 1. The Hall–Kier alpha value is -3.92. The zero-order chi connectivity index (χ0) is 30.7. The van der Waals surface area contributed by atoms with Crippen molar-refractivity contribution >= 4 is 62.9 Å². The summed E-state index contributed by atoms with van der Waals surface area (Å²) in [7, 11) is 0. The first-order valence-electron chi connectivity index (χ1n) is 14.0. The number of carbonyl (C=O) groups excluding carboxylic acids is 1. The van der Waals surface area contributed by atoms with Crippen LogP contribution in [-0.4, -0.2) is 47.6 Å². The van der Waals surface area contributed by atoms with Gasteiger partial charge in [-0.05, 0) is 55.7 Å². The van der Waals surface area contributed by atoms with E-state index in [4.69, 9.17) is 28.3 Å². The van der Waals surface area contributed by atoms with Gasteiger partial charge >= 0.3 is 5.97 Å². The maximum atomic E-state index is 14.7. The van der Waals surface area contributed by atoms with Crippen molar-refractivity contribution in [3.63, 3.8) is 0 Å². The Morgan fingerprint density at radius 1 is 1.05 bits per heavy atom. The predicted octanol–water partition coefficient (Wildman–Crippen LogP) is 6.45. The highest BCUT2D eigenvalue weighted by Crippen LogP contribution is 2.38. The lowest BCUT2D eigenvalue weighted by Gasteiger charge is -2.30. The van der Waals surface area contributed by atoms with Crippen molar-refractivity contribution in [2.45, 2.75) is 32.2 Å². The zero-order valence-electron chi connectivity index (χ0n) is 23.5. The van der Waals surface area contributed by atoms with Gasteiger partial charge in [-0.1, -0.05) is 47.5 Å². The van der Waals surface area contributed by atoms with Gasteiger partial charge in [0.05, 0.1) is 38.9 Å². The van der Waals surface area contributed by atoms with E-state index in [0.717, 1.165) is 44.5 Å². The monoisotopic (exact) mass is 624 g/mol. The molecule has 0 radical (unpaired) electrons. The summed E-state index contributed by atoms with van der Waals surface area (Å²) in [5.41, 5.74) is 2.95. The summed E-state index contributed by atoms with van der Waals surface area (Å²) in [6.07, 6.45) is 3.64. The first-order valence-corrected chi connectivity index (χ1v) is 14.8. The van der Waals surface area contributed by atoms with Gasteiger partial charge in [-0.3, -0.25) is 14.4 Å². The summed E-state index contributed by atoms with van der Waals surface area (Å²) in [5, 5.41) is 16.5. The molecule has 3 N–H and O–H groups in total. The molecule has 2 aliphatic rings. The Morgan fingerprint density at radius 3 is 2.35 bits per heavy atom. The lowest BCUT2D eigenvalue weighted by Crippen LogP contribution is -2.43. The molecule has 1 saturated carbocycles. The van der Waals surface area contributed by atoms with E-state index in [2.05, 4.69) is 10.6 Å². The molecule has 1 aliphatic heterocycles. The molecule has 0 spiro atoms. The van der Waals surface area contributed by atoms with Gasteiger partial charge in [-0.15, -0.1) is 0 Å². The van der Waals surface area contributed by atoms with Gasteiger partial charge in [0, 0.05) is 49.5 Å². The molecule has 2 heterocycles. The van der Waals surface area contributed by atoms with E-state index >= 15 is 0 Å². The van der Waals surface area contributed by atoms with Crippen LogP contribution >= 0.6 is 23.2 Å². The summed E-state index contributed by atoms with van der Waals surface area (Å²) in [5.74, 6) is -1.56. The molecule has 3 aromatic carbocycles. The second kappa shape index (κ2) is 13.2. The molecule has 43 heavy (non-hydrogen) atoms. The second-order valence-electron chi connectivity index (χ2n) is 10.6. The van der Waals surface area contributed by atoms with Crippen molar-refractivity contribution < 1.29 is 19.1 Å². The van der Waals surface area contributed by atoms with E-state index in [0.29, 0.717) is 44.1 Å². The molecule has 0 atom stereocenters. The van der Waals surface area contributed by atoms with Crippen LogP contribution in [0, 0.1) is 5.82 Å². The third-order valence-corrected chi connectivity index (χ3v) is 8.09. The Kier molecular flexibility index (Phi) is 9.34. The normalized spacial score (nSPS) is 14.7. The van der Waals surface area contributed by atoms with Crippen molar-refractivity contribution in [2.24, 2.45) is 0 Å². The molecule has 0 bridgehead atoms. The number of Topliss-reactive ketones (excluding diaryl/α,β-unsaturated/α-hetero) is 1. The number of carboxylic acids is 1. The number of hydrogen-bond donors (Lipinski definition) is 3. The number of ketones is 1. The van der Waals surface area contributed by atoms with Crippen LogP contribution in [-0.2, 0) is 11.2 Å². The standard InChI is InChI=1S/C18H20FN3O2.C14H11Cl2NO2/c1-11(23)14-10-22(12-2-3-12)16-9-17(21-6-4-20-5-7-21)15(19)8-13(16)18(14)24;15-10-5-3-6-11(16)14(10)17-12-7-2-1-4-9(12)8-13(18)19/h8-10,12,20H,2-7H2,1H3;1-7,17H,8H2,(H,18,19). The molecule has 11 heteroatoms. The molecule has 8 nitrogen and oxygen atoms in total. The minimum Gasteiger partial charge on any atom is -0.481 e. The molecule has 1 aromatic heterocycles. The first kappa shape index (κ1) is 30.5. The predicted molar refractivity (Wildman–Crippen MR) is 169 cm³/mol. The molecule has 224 valence electrons. The van der Waals surface area contributed by atoms with Gasteiger partial charge in [0.2, 0.25) is 0 Å². The van der Waals surface area contributed by atoms with Crippen LogP contribution in [0.5, 0.6) is 0 Å². The number of nitrogens with zero attached hydrogens (tertiary/aromatic N) is 2. The number of nitrogens with one attached hydrogen (secondary N) is 2. The van der Waals surface area contributed by atoms with Crippen molar-refractivity contribution in [3.8, 4) is 0 Å². The van der Waals surface area contributed by atoms with Gasteiger partial charge in [0.1, 0.15) is 5.82 Å². The zero-order valence-corrected chi connectivity index (χ0v) is 25.0. The molecule has 4 aromatic rings. The Bertz CT molecular complexity index is 1730. The quantitative estimate of drug-likeness (QED) is 0.203. The summed E-state index contributed by atoms with van der Waals surface area (Å²) >= 11 is 12.1. The van der Waals surface area contributed by atoms with Gasteiger partial charge in [0.25, 0.3) is 0 Å². The van der Waals surface area contributed by atoms with Crippen LogP contribution in [0.3, 0.4) is 0 Å². The van der Waals surface area contributed by atoms with E-state index in [1.165, 1.54) is 13.0 Å². The molecule has 0 amide bonds. The molecule has 1 aliphatic carbocycles. The third kappa shape index (κ3) is 7.01. The summed E-state index contributed by atoms with van der Waals surface area (Å²) in [4.78, 5) is 37.2. The van der Waals surface area contributed by atoms with E-state index in [1.807, 2.05) is 15.5 Å². The van der Waals surface area contributed by atoms with Crippen LogP contribution in [0.1, 0.15) is 41.7 Å². The van der Waals surface area contributed by atoms with Crippen molar-refractivity contribution in [1.82, 2.24) is 9.88 Å². The molecule has 1 saturated heterocycles. The second-order valence-corrected chi connectivity index (χ2v) is 11.4. The minimum absolute atomic E-state index is 0.0642. The number of para-hydroxylation sites is 2. The van der Waals surface area contributed by atoms with Gasteiger partial charge < -0.3 is 25.2 Å². The average molecular weight is 626 g/mol. The molecular weight excluding hydrogens is 594 g/mol. The third-order valence-electron chi connectivity index (χ3n) is 7.46. The van der Waals surface area contributed by atoms with E-state index in [9.17, 15) is 18.8 Å². The minimum atomic E-state index is -0.889. The smallest absolute Gasteiger partial charge is 0.307 e. The number of piperazine rings is 1. The molecule has 0 unspecified atom stereocenters. The number of aliphatic carboxylic acids is 1. The maximum absolute atomic E-state index is 14.7. The van der Waals surface area contributed by atoms with E-state index in [1.54, 1.807) is 48.7 Å². The van der Waals surface area contributed by atoms with Crippen LogP contribution in [0.15, 0.2) is 65.6 Å². The van der Waals surface area contributed by atoms with E-state index < -0.39 is 11.8 Å². The number of carbonyl (C=O) groups is 2. The van der Waals surface area contributed by atoms with Crippen molar-refractivity contribution in [3.05, 3.63) is 98.0 Å². The fraction of sp³-hybridized carbons (Fsp3) is 0.281. The van der Waals surface area contributed by atoms with Gasteiger partial charge in [0.15, 0.2) is 11.2 Å². The van der Waals surface area contributed by atoms with Crippen molar-refractivity contribution in [1.29, 1.82) is 0 Å². The maximum Gasteiger partial charge on any atom is 0.307 e. The first-order chi connectivity index (χ1) is 20.6. The number of halogens is 3. The number of carboxylic acid groups (broad SMARTS) is 1. The van der Waals surface area contributed by atoms with Crippen molar-refractivity contribution in [2.75, 3.05) is 36.4 Å². The number of rotatable bonds is 7. The van der Waals surface area contributed by atoms with Crippen LogP contribution in [0.25, 0.3) is 10.9 Å². The Labute approximate surface area is 258 Å². The number of aromatic nitrogens is 1. The fourth-order valence-electron chi connectivity index (χ4n) is 5.12. The summed E-state index contributed by atoms with van der Waals surface area (Å²) in [6.45, 7) is 4.49. The highest BCUT2D eigenvalue weighted by atomic mass is 35.5. The highest BCUT2D eigenvalue weighted by Gasteiger charge is 2.27. The molecule has 2 fully saturated rings.